The van der Waals surface area contributed by atoms with Crippen molar-refractivity contribution in [1.29, 1.82) is 5.26 Å². The Kier molecular flexibility index (Phi) is 5.86. The Morgan fingerprint density at radius 2 is 1.72 bits per heavy atom. The molecule has 29 heavy (non-hydrogen) atoms. The molecule has 1 aromatic heterocycles. The first-order valence-electron chi connectivity index (χ1n) is 9.40. The minimum absolute atomic E-state index is 0.237. The van der Waals surface area contributed by atoms with Crippen molar-refractivity contribution >= 4 is 16.5 Å². The molecule has 1 aliphatic heterocycles. The molecule has 0 radical (unpaired) electrons. The molecule has 4 nitrogen and oxygen atoms in total. The summed E-state index contributed by atoms with van der Waals surface area (Å²) in [5.41, 5.74) is 3.21. The SMILES string of the molecule is N#Cc1ccccc1C#CCN1CCN(c2nc(-c3ccc(F)cc3)cs2)CC1. The van der Waals surface area contributed by atoms with Gasteiger partial charge in [0.1, 0.15) is 11.9 Å². The highest BCUT2D eigenvalue weighted by atomic mass is 32.1. The van der Waals surface area contributed by atoms with Crippen LogP contribution < -0.4 is 4.90 Å². The summed E-state index contributed by atoms with van der Waals surface area (Å²) in [7, 11) is 0. The zero-order chi connectivity index (χ0) is 20.1. The lowest BCUT2D eigenvalue weighted by molar-refractivity contribution is 0.288. The number of benzene rings is 2. The van der Waals surface area contributed by atoms with Gasteiger partial charge >= 0.3 is 0 Å². The van der Waals surface area contributed by atoms with Crippen LogP contribution in [-0.4, -0.2) is 42.6 Å². The van der Waals surface area contributed by atoms with Gasteiger partial charge in [-0.25, -0.2) is 9.37 Å². The van der Waals surface area contributed by atoms with Gasteiger partial charge in [-0.3, -0.25) is 4.90 Å². The molecule has 0 unspecified atom stereocenters. The number of hydrogen-bond acceptors (Lipinski definition) is 5. The molecule has 144 valence electrons. The smallest absolute Gasteiger partial charge is 0.185 e. The van der Waals surface area contributed by atoms with Crippen LogP contribution in [0.2, 0.25) is 0 Å². The number of aromatic nitrogens is 1. The Balaban J connectivity index is 1.33. The second-order valence-electron chi connectivity index (χ2n) is 6.74. The number of nitriles is 1. The minimum atomic E-state index is -0.237. The molecule has 0 amide bonds. The van der Waals surface area contributed by atoms with Gasteiger partial charge in [-0.2, -0.15) is 5.26 Å². The Morgan fingerprint density at radius 1 is 1.00 bits per heavy atom. The summed E-state index contributed by atoms with van der Waals surface area (Å²) in [5, 5.41) is 12.2. The fourth-order valence-electron chi connectivity index (χ4n) is 3.20. The summed E-state index contributed by atoms with van der Waals surface area (Å²) in [6.07, 6.45) is 0. The maximum Gasteiger partial charge on any atom is 0.185 e. The van der Waals surface area contributed by atoms with E-state index < -0.39 is 0 Å². The number of hydrogen-bond donors (Lipinski definition) is 0. The van der Waals surface area contributed by atoms with E-state index in [1.165, 1.54) is 12.1 Å². The van der Waals surface area contributed by atoms with Gasteiger partial charge in [-0.15, -0.1) is 11.3 Å². The molecule has 1 fully saturated rings. The van der Waals surface area contributed by atoms with E-state index in [2.05, 4.69) is 27.7 Å². The fourth-order valence-corrected chi connectivity index (χ4v) is 4.08. The van der Waals surface area contributed by atoms with Crippen LogP contribution in [0, 0.1) is 29.0 Å². The number of anilines is 1. The van der Waals surface area contributed by atoms with Crippen LogP contribution in [-0.2, 0) is 0 Å². The highest BCUT2D eigenvalue weighted by molar-refractivity contribution is 7.14. The predicted molar refractivity (Wildman–Crippen MR) is 114 cm³/mol. The van der Waals surface area contributed by atoms with Crippen LogP contribution in [0.4, 0.5) is 9.52 Å². The lowest BCUT2D eigenvalue weighted by Gasteiger charge is -2.33. The van der Waals surface area contributed by atoms with Gasteiger partial charge in [0.25, 0.3) is 0 Å². The highest BCUT2D eigenvalue weighted by Crippen LogP contribution is 2.28. The monoisotopic (exact) mass is 402 g/mol. The normalized spacial score (nSPS) is 14.1. The van der Waals surface area contributed by atoms with Crippen LogP contribution in [0.15, 0.2) is 53.9 Å². The topological polar surface area (TPSA) is 43.2 Å². The molecule has 6 heteroatoms. The van der Waals surface area contributed by atoms with Gasteiger partial charge in [0, 0.05) is 42.7 Å². The quantitative estimate of drug-likeness (QED) is 0.621. The number of nitrogens with zero attached hydrogens (tertiary/aromatic N) is 4. The third-order valence-corrected chi connectivity index (χ3v) is 5.75. The third kappa shape index (κ3) is 4.63. The summed E-state index contributed by atoms with van der Waals surface area (Å²) in [6, 6.07) is 16.0. The van der Waals surface area contributed by atoms with E-state index in [0.717, 1.165) is 48.1 Å². The van der Waals surface area contributed by atoms with Crippen LogP contribution in [0.5, 0.6) is 0 Å². The van der Waals surface area contributed by atoms with E-state index in [1.54, 1.807) is 29.5 Å². The second-order valence-corrected chi connectivity index (χ2v) is 7.58. The first-order chi connectivity index (χ1) is 14.2. The van der Waals surface area contributed by atoms with Crippen molar-refractivity contribution in [2.24, 2.45) is 0 Å². The van der Waals surface area contributed by atoms with Crippen molar-refractivity contribution in [1.82, 2.24) is 9.88 Å². The molecule has 4 rings (SSSR count). The largest absolute Gasteiger partial charge is 0.346 e. The first kappa shape index (κ1) is 19.1. The average Bonchev–Trinajstić information content (AvgIpc) is 3.25. The molecule has 1 saturated heterocycles. The average molecular weight is 402 g/mol. The number of piperazine rings is 1. The summed E-state index contributed by atoms with van der Waals surface area (Å²) in [6.45, 7) is 4.31. The maximum absolute atomic E-state index is 13.1. The van der Waals surface area contributed by atoms with Crippen LogP contribution in [0.3, 0.4) is 0 Å². The summed E-state index contributed by atoms with van der Waals surface area (Å²) in [5.74, 6) is 6.07. The predicted octanol–water partition coefficient (Wildman–Crippen LogP) is 3.99. The molecule has 0 bridgehead atoms. The molecule has 2 heterocycles. The van der Waals surface area contributed by atoms with Crippen molar-refractivity contribution in [2.45, 2.75) is 0 Å². The molecule has 0 N–H and O–H groups in total. The Hall–Kier alpha value is -3.19. The van der Waals surface area contributed by atoms with Crippen LogP contribution in [0.25, 0.3) is 11.3 Å². The Morgan fingerprint density at radius 3 is 2.45 bits per heavy atom. The lowest BCUT2D eigenvalue weighted by Crippen LogP contribution is -2.46. The lowest BCUT2D eigenvalue weighted by atomic mass is 10.1. The molecular weight excluding hydrogens is 383 g/mol. The Bertz CT molecular complexity index is 1080. The highest BCUT2D eigenvalue weighted by Gasteiger charge is 2.19. The molecule has 3 aromatic rings. The summed E-state index contributed by atoms with van der Waals surface area (Å²) >= 11 is 1.62. The first-order valence-corrected chi connectivity index (χ1v) is 10.3. The van der Waals surface area contributed by atoms with Crippen molar-refractivity contribution in [3.8, 4) is 29.2 Å². The summed E-state index contributed by atoms with van der Waals surface area (Å²) in [4.78, 5) is 9.32. The number of thiazole rings is 1. The molecule has 1 aliphatic rings. The number of rotatable bonds is 3. The van der Waals surface area contributed by atoms with Crippen molar-refractivity contribution in [3.05, 3.63) is 70.9 Å². The van der Waals surface area contributed by atoms with E-state index in [9.17, 15) is 4.39 Å². The van der Waals surface area contributed by atoms with Crippen molar-refractivity contribution in [2.75, 3.05) is 37.6 Å². The minimum Gasteiger partial charge on any atom is -0.346 e. The van der Waals surface area contributed by atoms with Gasteiger partial charge < -0.3 is 4.90 Å². The molecule has 0 aliphatic carbocycles. The number of halogens is 1. The van der Waals surface area contributed by atoms with Crippen molar-refractivity contribution in [3.63, 3.8) is 0 Å². The molecule has 0 saturated carbocycles. The molecular formula is C23H19FN4S. The standard InChI is InChI=1S/C23H19FN4S/c24-21-9-7-19(8-10-21)22-17-29-23(26-22)28-14-12-27(13-15-28)11-3-6-18-4-1-2-5-20(18)16-25/h1-2,4-5,7-10,17H,11-15H2. The summed E-state index contributed by atoms with van der Waals surface area (Å²) < 4.78 is 13.1. The third-order valence-electron chi connectivity index (χ3n) is 4.85. The van der Waals surface area contributed by atoms with Gasteiger partial charge in [-0.1, -0.05) is 24.0 Å². The van der Waals surface area contributed by atoms with Gasteiger partial charge in [0.05, 0.1) is 17.8 Å². The zero-order valence-corrected chi connectivity index (χ0v) is 16.6. The van der Waals surface area contributed by atoms with Crippen molar-refractivity contribution < 1.29 is 4.39 Å². The maximum atomic E-state index is 13.1. The van der Waals surface area contributed by atoms with Gasteiger partial charge in [-0.05, 0) is 36.4 Å². The van der Waals surface area contributed by atoms with Crippen LogP contribution >= 0.6 is 11.3 Å². The van der Waals surface area contributed by atoms with E-state index in [4.69, 9.17) is 10.2 Å². The van der Waals surface area contributed by atoms with Gasteiger partial charge in [0.15, 0.2) is 5.13 Å². The van der Waals surface area contributed by atoms with Gasteiger partial charge in [0.2, 0.25) is 0 Å². The molecule has 0 atom stereocenters. The second kappa shape index (κ2) is 8.87. The van der Waals surface area contributed by atoms with E-state index in [1.807, 2.05) is 23.6 Å². The van der Waals surface area contributed by atoms with E-state index in [0.29, 0.717) is 12.1 Å². The molecule has 2 aromatic carbocycles. The fraction of sp³-hybridized carbons (Fsp3) is 0.217. The molecule has 0 spiro atoms. The van der Waals surface area contributed by atoms with E-state index in [-0.39, 0.29) is 5.82 Å². The van der Waals surface area contributed by atoms with Crippen LogP contribution in [0.1, 0.15) is 11.1 Å². The zero-order valence-electron chi connectivity index (χ0n) is 15.8. The van der Waals surface area contributed by atoms with E-state index >= 15 is 0 Å². The Labute approximate surface area is 173 Å².